The molecule has 17 heavy (non-hydrogen) atoms. The summed E-state index contributed by atoms with van der Waals surface area (Å²) in [5, 5.41) is 6.04. The van der Waals surface area contributed by atoms with Crippen LogP contribution in [0.15, 0.2) is 23.9 Å². The lowest BCUT2D eigenvalue weighted by Gasteiger charge is -2.08. The minimum atomic E-state index is 0.117. The first-order valence-electron chi connectivity index (χ1n) is 6.47. The van der Waals surface area contributed by atoms with Crippen molar-refractivity contribution in [1.29, 1.82) is 0 Å². The van der Waals surface area contributed by atoms with Crippen LogP contribution in [-0.2, 0) is 4.79 Å². The van der Waals surface area contributed by atoms with Gasteiger partial charge in [0.05, 0.1) is 0 Å². The molecule has 1 atom stereocenters. The highest BCUT2D eigenvalue weighted by Gasteiger charge is 2.07. The number of hydrogen-bond donors (Lipinski definition) is 2. The van der Waals surface area contributed by atoms with Gasteiger partial charge in [0.15, 0.2) is 0 Å². The summed E-state index contributed by atoms with van der Waals surface area (Å²) in [4.78, 5) is 11.5. The molecule has 3 nitrogen and oxygen atoms in total. The van der Waals surface area contributed by atoms with E-state index in [9.17, 15) is 4.79 Å². The number of amides is 1. The predicted octanol–water partition coefficient (Wildman–Crippen LogP) is 2.61. The van der Waals surface area contributed by atoms with E-state index in [4.69, 9.17) is 0 Å². The van der Waals surface area contributed by atoms with E-state index in [1.165, 1.54) is 0 Å². The molecule has 0 aromatic rings. The van der Waals surface area contributed by atoms with Crippen LogP contribution in [0.3, 0.4) is 0 Å². The standard InChI is InChI=1S/C14H26N2O/c1-5-9-13(15-4)10-7-8-11-16-14(17)12(3)6-2/h7,9-10,12,15H,5-6,8,11H2,1-4H3,(H,16,17)/b10-7-,13-9+/t12-/m0/s1. The number of likely N-dealkylation sites (N-methyl/N-ethyl adjacent to an activating group) is 1. The van der Waals surface area contributed by atoms with Crippen molar-refractivity contribution in [2.24, 2.45) is 5.92 Å². The van der Waals surface area contributed by atoms with Gasteiger partial charge in [0.25, 0.3) is 0 Å². The molecule has 0 unspecified atom stereocenters. The van der Waals surface area contributed by atoms with Crippen LogP contribution in [0.1, 0.15) is 40.0 Å². The van der Waals surface area contributed by atoms with E-state index < -0.39 is 0 Å². The highest BCUT2D eigenvalue weighted by atomic mass is 16.1. The summed E-state index contributed by atoms with van der Waals surface area (Å²) in [6.07, 6.45) is 9.04. The monoisotopic (exact) mass is 238 g/mol. The molecule has 2 N–H and O–H groups in total. The maximum absolute atomic E-state index is 11.5. The van der Waals surface area contributed by atoms with Gasteiger partial charge in [-0.15, -0.1) is 0 Å². The normalized spacial score (nSPS) is 13.8. The fraction of sp³-hybridized carbons (Fsp3) is 0.643. The Kier molecular flexibility index (Phi) is 9.21. The molecule has 0 heterocycles. The minimum Gasteiger partial charge on any atom is -0.388 e. The Morgan fingerprint density at radius 1 is 1.35 bits per heavy atom. The summed E-state index contributed by atoms with van der Waals surface area (Å²) in [5.74, 6) is 0.269. The summed E-state index contributed by atoms with van der Waals surface area (Å²) >= 11 is 0. The number of carbonyl (C=O) groups is 1. The Morgan fingerprint density at radius 2 is 2.06 bits per heavy atom. The molecule has 0 saturated heterocycles. The quantitative estimate of drug-likeness (QED) is 0.504. The molecule has 0 bridgehead atoms. The van der Waals surface area contributed by atoms with Gasteiger partial charge in [-0.25, -0.2) is 0 Å². The Hall–Kier alpha value is -1.25. The molecule has 0 radical (unpaired) electrons. The van der Waals surface area contributed by atoms with Gasteiger partial charge in [-0.2, -0.15) is 0 Å². The molecule has 0 aliphatic carbocycles. The largest absolute Gasteiger partial charge is 0.388 e. The molecule has 0 aromatic carbocycles. The van der Waals surface area contributed by atoms with Crippen LogP contribution in [0.4, 0.5) is 0 Å². The Morgan fingerprint density at radius 3 is 2.59 bits per heavy atom. The summed E-state index contributed by atoms with van der Waals surface area (Å²) in [7, 11) is 1.91. The van der Waals surface area contributed by atoms with Gasteiger partial charge in [-0.1, -0.05) is 32.9 Å². The molecule has 0 spiro atoms. The van der Waals surface area contributed by atoms with Crippen molar-refractivity contribution in [1.82, 2.24) is 10.6 Å². The second kappa shape index (κ2) is 9.94. The summed E-state index contributed by atoms with van der Waals surface area (Å²) in [6.45, 7) is 6.80. The van der Waals surface area contributed by atoms with E-state index >= 15 is 0 Å². The van der Waals surface area contributed by atoms with Crippen LogP contribution in [0, 0.1) is 5.92 Å². The SMILES string of the molecule is CC/C=C(\C=C/CCNC(=O)[C@@H](C)CC)NC. The highest BCUT2D eigenvalue weighted by Crippen LogP contribution is 1.99. The third-order valence-corrected chi connectivity index (χ3v) is 2.68. The van der Waals surface area contributed by atoms with E-state index in [-0.39, 0.29) is 11.8 Å². The van der Waals surface area contributed by atoms with Gasteiger partial charge in [-0.3, -0.25) is 4.79 Å². The van der Waals surface area contributed by atoms with Gasteiger partial charge in [0.2, 0.25) is 5.91 Å². The Bertz CT molecular complexity index is 269. The first-order valence-corrected chi connectivity index (χ1v) is 6.47. The van der Waals surface area contributed by atoms with Crippen molar-refractivity contribution in [3.63, 3.8) is 0 Å². The molecular weight excluding hydrogens is 212 g/mol. The fourth-order valence-electron chi connectivity index (χ4n) is 1.32. The molecule has 98 valence electrons. The molecule has 0 fully saturated rings. The lowest BCUT2D eigenvalue weighted by atomic mass is 10.1. The van der Waals surface area contributed by atoms with Crippen molar-refractivity contribution in [2.45, 2.75) is 40.0 Å². The first-order chi connectivity index (χ1) is 8.15. The van der Waals surface area contributed by atoms with Crippen LogP contribution >= 0.6 is 0 Å². The summed E-state index contributed by atoms with van der Waals surface area (Å²) in [5.41, 5.74) is 1.13. The van der Waals surface area contributed by atoms with Crippen molar-refractivity contribution >= 4 is 5.91 Å². The minimum absolute atomic E-state index is 0.117. The first kappa shape index (κ1) is 15.8. The van der Waals surface area contributed by atoms with Crippen molar-refractivity contribution < 1.29 is 4.79 Å². The third kappa shape index (κ3) is 7.61. The van der Waals surface area contributed by atoms with Gasteiger partial charge < -0.3 is 10.6 Å². The molecule has 0 aliphatic rings. The van der Waals surface area contributed by atoms with Crippen LogP contribution in [0.2, 0.25) is 0 Å². The molecule has 0 aromatic heterocycles. The maximum atomic E-state index is 11.5. The number of nitrogens with one attached hydrogen (secondary N) is 2. The van der Waals surface area contributed by atoms with Gasteiger partial charge >= 0.3 is 0 Å². The van der Waals surface area contributed by atoms with Crippen molar-refractivity contribution in [3.05, 3.63) is 23.9 Å². The molecule has 0 aliphatic heterocycles. The van der Waals surface area contributed by atoms with E-state index in [0.717, 1.165) is 25.0 Å². The van der Waals surface area contributed by atoms with E-state index in [1.54, 1.807) is 0 Å². The number of allylic oxidation sites excluding steroid dienone is 2. The zero-order valence-corrected chi connectivity index (χ0v) is 11.5. The fourth-order valence-corrected chi connectivity index (χ4v) is 1.32. The Labute approximate surface area is 105 Å². The maximum Gasteiger partial charge on any atom is 0.222 e. The average molecular weight is 238 g/mol. The second-order valence-electron chi connectivity index (χ2n) is 4.11. The molecule has 0 saturated carbocycles. The van der Waals surface area contributed by atoms with Gasteiger partial charge in [0.1, 0.15) is 0 Å². The predicted molar refractivity (Wildman–Crippen MR) is 73.7 cm³/mol. The van der Waals surface area contributed by atoms with Crippen LogP contribution in [0.25, 0.3) is 0 Å². The zero-order valence-electron chi connectivity index (χ0n) is 11.5. The number of hydrogen-bond acceptors (Lipinski definition) is 2. The van der Waals surface area contributed by atoms with Crippen LogP contribution in [0.5, 0.6) is 0 Å². The third-order valence-electron chi connectivity index (χ3n) is 2.68. The van der Waals surface area contributed by atoms with Crippen molar-refractivity contribution in [2.75, 3.05) is 13.6 Å². The molecule has 3 heteroatoms. The zero-order chi connectivity index (χ0) is 13.1. The second-order valence-corrected chi connectivity index (χ2v) is 4.11. The molecular formula is C14H26N2O. The number of carbonyl (C=O) groups excluding carboxylic acids is 1. The summed E-state index contributed by atoms with van der Waals surface area (Å²) in [6, 6.07) is 0. The lowest BCUT2D eigenvalue weighted by molar-refractivity contribution is -0.124. The van der Waals surface area contributed by atoms with Crippen LogP contribution in [-0.4, -0.2) is 19.5 Å². The molecule has 1 amide bonds. The smallest absolute Gasteiger partial charge is 0.222 e. The van der Waals surface area contributed by atoms with Gasteiger partial charge in [0, 0.05) is 25.2 Å². The van der Waals surface area contributed by atoms with Crippen LogP contribution < -0.4 is 10.6 Å². The van der Waals surface area contributed by atoms with Crippen molar-refractivity contribution in [3.8, 4) is 0 Å². The summed E-state index contributed by atoms with van der Waals surface area (Å²) < 4.78 is 0. The lowest BCUT2D eigenvalue weighted by Crippen LogP contribution is -2.29. The van der Waals surface area contributed by atoms with E-state index in [1.807, 2.05) is 20.9 Å². The average Bonchev–Trinajstić information content (AvgIpc) is 2.35. The Balaban J connectivity index is 3.81. The molecule has 0 rings (SSSR count). The van der Waals surface area contributed by atoms with E-state index in [0.29, 0.717) is 6.54 Å². The van der Waals surface area contributed by atoms with E-state index in [2.05, 4.69) is 35.8 Å². The topological polar surface area (TPSA) is 41.1 Å². The van der Waals surface area contributed by atoms with Gasteiger partial charge in [-0.05, 0) is 25.3 Å². The highest BCUT2D eigenvalue weighted by molar-refractivity contribution is 5.78. The number of rotatable bonds is 8.